The number of phenolic OH excluding ortho intramolecular Hbond substituents is 2. The minimum Gasteiger partial charge on any atom is -0.507 e. The number of rotatable bonds is 4. The molecule has 0 saturated heterocycles. The summed E-state index contributed by atoms with van der Waals surface area (Å²) in [5.41, 5.74) is -0.745. The largest absolute Gasteiger partial charge is 0.507 e. The van der Waals surface area contributed by atoms with Crippen LogP contribution in [0.25, 0.3) is 0 Å². The third-order valence-corrected chi connectivity index (χ3v) is 3.96. The molecule has 26 heavy (non-hydrogen) atoms. The highest BCUT2D eigenvalue weighted by Gasteiger charge is 2.25. The zero-order valence-corrected chi connectivity index (χ0v) is 14.2. The molecule has 0 atom stereocenters. The van der Waals surface area contributed by atoms with Crippen molar-refractivity contribution >= 4 is 18.2 Å². The molecule has 0 saturated carbocycles. The summed E-state index contributed by atoms with van der Waals surface area (Å²) in [5, 5.41) is 38.9. The van der Waals surface area contributed by atoms with E-state index < -0.39 is 34.8 Å². The number of carbonyl (C=O) groups excluding carboxylic acids is 2. The Balaban J connectivity index is 2.53. The molecule has 0 aromatic heterocycles. The van der Waals surface area contributed by atoms with Crippen LogP contribution in [0.1, 0.15) is 47.8 Å². The number of esters is 1. The van der Waals surface area contributed by atoms with Crippen molar-refractivity contribution in [3.8, 4) is 23.0 Å². The molecule has 8 nitrogen and oxygen atoms in total. The Bertz CT molecular complexity index is 943. The first-order valence-corrected chi connectivity index (χ1v) is 7.39. The van der Waals surface area contributed by atoms with Crippen molar-refractivity contribution in [2.45, 2.75) is 20.8 Å². The first kappa shape index (κ1) is 18.8. The molecule has 0 bridgehead atoms. The third kappa shape index (κ3) is 3.04. The van der Waals surface area contributed by atoms with E-state index in [0.717, 1.165) is 6.07 Å². The van der Waals surface area contributed by atoms with Crippen LogP contribution in [0.3, 0.4) is 0 Å². The van der Waals surface area contributed by atoms with Crippen molar-refractivity contribution in [1.82, 2.24) is 0 Å². The van der Waals surface area contributed by atoms with E-state index in [4.69, 9.17) is 9.84 Å². The smallest absolute Gasteiger partial charge is 0.347 e. The Hall–Kier alpha value is -3.55. The number of hydrogen-bond acceptors (Lipinski definition) is 7. The first-order chi connectivity index (χ1) is 12.1. The fourth-order valence-corrected chi connectivity index (χ4v) is 2.57. The maximum atomic E-state index is 12.5. The lowest BCUT2D eigenvalue weighted by Gasteiger charge is -2.15. The van der Waals surface area contributed by atoms with Gasteiger partial charge < -0.3 is 25.2 Å². The normalized spacial score (nSPS) is 10.4. The van der Waals surface area contributed by atoms with Crippen LogP contribution >= 0.6 is 0 Å². The third-order valence-electron chi connectivity index (χ3n) is 3.96. The van der Waals surface area contributed by atoms with Gasteiger partial charge >= 0.3 is 11.9 Å². The Kier molecular flexibility index (Phi) is 4.88. The number of ether oxygens (including phenoxy) is 1. The number of aromatic hydroxyl groups is 3. The summed E-state index contributed by atoms with van der Waals surface area (Å²) in [6.07, 6.45) is 0.198. The van der Waals surface area contributed by atoms with E-state index in [1.807, 2.05) is 0 Å². The summed E-state index contributed by atoms with van der Waals surface area (Å²) in [5.74, 6) is -4.22. The van der Waals surface area contributed by atoms with Crippen LogP contribution in [0.5, 0.6) is 23.0 Å². The van der Waals surface area contributed by atoms with Gasteiger partial charge in [-0.15, -0.1) is 0 Å². The van der Waals surface area contributed by atoms with Gasteiger partial charge in [-0.1, -0.05) is 0 Å². The molecule has 2 rings (SSSR count). The molecule has 2 aromatic carbocycles. The van der Waals surface area contributed by atoms with Crippen LogP contribution in [0, 0.1) is 20.8 Å². The van der Waals surface area contributed by atoms with Crippen LogP contribution in [-0.2, 0) is 0 Å². The Labute approximate surface area is 147 Å². The lowest BCUT2D eigenvalue weighted by molar-refractivity contribution is 0.0692. The number of aldehydes is 1. The minimum atomic E-state index is -1.33. The van der Waals surface area contributed by atoms with Gasteiger partial charge in [0.1, 0.15) is 34.1 Å². The number of carboxylic acid groups (broad SMARTS) is 1. The predicted octanol–water partition coefficient (Wildman–Crippen LogP) is 2.46. The fraction of sp³-hybridized carbons (Fsp3) is 0.167. The standard InChI is InChI=1S/C18H16O8/c1-7-4-11(20)10(6-19)16(22)14(7)18(25)26-12-5-8(2)13(17(23)24)15(21)9(12)3/h4-6,20-22H,1-3H3,(H,23,24). The molecule has 0 aliphatic rings. The van der Waals surface area contributed by atoms with E-state index in [2.05, 4.69) is 0 Å². The van der Waals surface area contributed by atoms with Gasteiger partial charge in [0.25, 0.3) is 0 Å². The Morgan fingerprint density at radius 1 is 0.962 bits per heavy atom. The Morgan fingerprint density at radius 2 is 1.54 bits per heavy atom. The van der Waals surface area contributed by atoms with Crippen molar-refractivity contribution in [3.63, 3.8) is 0 Å². The van der Waals surface area contributed by atoms with Gasteiger partial charge in [-0.05, 0) is 44.0 Å². The van der Waals surface area contributed by atoms with Gasteiger partial charge in [-0.3, -0.25) is 4.79 Å². The fourth-order valence-electron chi connectivity index (χ4n) is 2.57. The minimum absolute atomic E-state index is 0.0212. The first-order valence-electron chi connectivity index (χ1n) is 7.39. The van der Waals surface area contributed by atoms with Crippen LogP contribution < -0.4 is 4.74 Å². The zero-order chi connectivity index (χ0) is 19.8. The lowest BCUT2D eigenvalue weighted by Crippen LogP contribution is -2.13. The van der Waals surface area contributed by atoms with Crippen LogP contribution in [0.2, 0.25) is 0 Å². The molecule has 0 spiro atoms. The molecule has 0 aliphatic carbocycles. The maximum Gasteiger partial charge on any atom is 0.347 e. The van der Waals surface area contributed by atoms with E-state index in [9.17, 15) is 29.7 Å². The van der Waals surface area contributed by atoms with E-state index in [-0.39, 0.29) is 39.9 Å². The lowest BCUT2D eigenvalue weighted by atomic mass is 10.0. The molecule has 0 heterocycles. The van der Waals surface area contributed by atoms with E-state index >= 15 is 0 Å². The number of benzene rings is 2. The second-order valence-corrected chi connectivity index (χ2v) is 5.70. The topological polar surface area (TPSA) is 141 Å². The van der Waals surface area contributed by atoms with Crippen molar-refractivity contribution in [2.75, 3.05) is 0 Å². The molecule has 136 valence electrons. The Morgan fingerprint density at radius 3 is 2.08 bits per heavy atom. The van der Waals surface area contributed by atoms with E-state index in [1.54, 1.807) is 0 Å². The van der Waals surface area contributed by atoms with Gasteiger partial charge in [-0.25, -0.2) is 9.59 Å². The summed E-state index contributed by atoms with van der Waals surface area (Å²) < 4.78 is 5.18. The second-order valence-electron chi connectivity index (χ2n) is 5.70. The van der Waals surface area contributed by atoms with Crippen molar-refractivity contribution in [3.05, 3.63) is 45.5 Å². The molecule has 4 N–H and O–H groups in total. The van der Waals surface area contributed by atoms with Gasteiger partial charge in [0.05, 0.1) is 5.56 Å². The maximum absolute atomic E-state index is 12.5. The summed E-state index contributed by atoms with van der Waals surface area (Å²) in [4.78, 5) is 34.6. The molecular formula is C18H16O8. The average Bonchev–Trinajstić information content (AvgIpc) is 2.51. The van der Waals surface area contributed by atoms with Gasteiger partial charge in [0, 0.05) is 5.56 Å². The zero-order valence-electron chi connectivity index (χ0n) is 14.2. The van der Waals surface area contributed by atoms with Gasteiger partial charge in [0.2, 0.25) is 0 Å². The number of phenols is 3. The molecule has 8 heteroatoms. The van der Waals surface area contributed by atoms with Crippen molar-refractivity contribution < 1.29 is 39.5 Å². The molecule has 0 unspecified atom stereocenters. The van der Waals surface area contributed by atoms with Crippen molar-refractivity contribution in [1.29, 1.82) is 0 Å². The van der Waals surface area contributed by atoms with Crippen LogP contribution in [0.4, 0.5) is 0 Å². The molecule has 0 aliphatic heterocycles. The number of carbonyl (C=O) groups is 3. The average molecular weight is 360 g/mol. The second kappa shape index (κ2) is 6.75. The summed E-state index contributed by atoms with van der Waals surface area (Å²) in [6.45, 7) is 4.21. The van der Waals surface area contributed by atoms with Crippen LogP contribution in [-0.4, -0.2) is 38.7 Å². The molecular weight excluding hydrogens is 344 g/mol. The van der Waals surface area contributed by atoms with E-state index in [1.165, 1.54) is 26.8 Å². The molecule has 0 radical (unpaired) electrons. The summed E-state index contributed by atoms with van der Waals surface area (Å²) >= 11 is 0. The summed E-state index contributed by atoms with van der Waals surface area (Å²) in [6, 6.07) is 2.40. The quantitative estimate of drug-likeness (QED) is 0.370. The SMILES string of the molecule is Cc1cc(OC(=O)c2c(C)cc(O)c(C=O)c2O)c(C)c(O)c1C(=O)O. The molecule has 0 fully saturated rings. The molecule has 0 amide bonds. The summed E-state index contributed by atoms with van der Waals surface area (Å²) in [7, 11) is 0. The monoisotopic (exact) mass is 360 g/mol. The number of carboxylic acids is 1. The number of hydrogen-bond donors (Lipinski definition) is 4. The number of aryl methyl sites for hydroxylation is 2. The predicted molar refractivity (Wildman–Crippen MR) is 89.4 cm³/mol. The molecule has 2 aromatic rings. The van der Waals surface area contributed by atoms with Gasteiger partial charge in [-0.2, -0.15) is 0 Å². The van der Waals surface area contributed by atoms with Gasteiger partial charge in [0.15, 0.2) is 6.29 Å². The number of aromatic carboxylic acids is 1. The van der Waals surface area contributed by atoms with E-state index in [0.29, 0.717) is 0 Å². The highest BCUT2D eigenvalue weighted by atomic mass is 16.5. The highest BCUT2D eigenvalue weighted by Crippen LogP contribution is 2.36. The highest BCUT2D eigenvalue weighted by molar-refractivity contribution is 6.00. The van der Waals surface area contributed by atoms with Crippen molar-refractivity contribution in [2.24, 2.45) is 0 Å². The van der Waals surface area contributed by atoms with Crippen LogP contribution in [0.15, 0.2) is 12.1 Å².